The Morgan fingerprint density at radius 1 is 1.24 bits per heavy atom. The van der Waals surface area contributed by atoms with Crippen molar-refractivity contribution in [2.45, 2.75) is 11.8 Å². The highest BCUT2D eigenvalue weighted by molar-refractivity contribution is 9.10. The summed E-state index contributed by atoms with van der Waals surface area (Å²) >= 11 is 6.54. The highest BCUT2D eigenvalue weighted by Crippen LogP contribution is 2.25. The minimum Gasteiger partial charge on any atom is -0.372 e. The van der Waals surface area contributed by atoms with Crippen molar-refractivity contribution < 1.29 is 8.42 Å². The first-order valence-corrected chi connectivity index (χ1v) is 8.89. The molecule has 0 amide bonds. The predicted molar refractivity (Wildman–Crippen MR) is 89.0 cm³/mol. The molecule has 2 aromatic rings. The molecule has 0 aliphatic carbocycles. The molecular formula is C12H12Br2N4O2S. The van der Waals surface area contributed by atoms with E-state index in [0.29, 0.717) is 10.2 Å². The van der Waals surface area contributed by atoms with Gasteiger partial charge in [0.2, 0.25) is 0 Å². The van der Waals surface area contributed by atoms with Crippen molar-refractivity contribution in [1.82, 2.24) is 9.97 Å². The second-order valence-corrected chi connectivity index (χ2v) is 7.54. The van der Waals surface area contributed by atoms with Gasteiger partial charge < -0.3 is 5.32 Å². The molecule has 21 heavy (non-hydrogen) atoms. The molecule has 0 atom stereocenters. The maximum Gasteiger partial charge on any atom is 0.266 e. The fourth-order valence-corrected chi connectivity index (χ4v) is 3.50. The first-order chi connectivity index (χ1) is 9.83. The van der Waals surface area contributed by atoms with Gasteiger partial charge in [-0.1, -0.05) is 0 Å². The average Bonchev–Trinajstić information content (AvgIpc) is 2.42. The third-order valence-electron chi connectivity index (χ3n) is 2.61. The van der Waals surface area contributed by atoms with Crippen LogP contribution in [0.25, 0.3) is 0 Å². The van der Waals surface area contributed by atoms with Crippen molar-refractivity contribution in [2.24, 2.45) is 0 Å². The summed E-state index contributed by atoms with van der Waals surface area (Å²) in [7, 11) is -2.18. The highest BCUT2D eigenvalue weighted by atomic mass is 79.9. The lowest BCUT2D eigenvalue weighted by Gasteiger charge is -2.11. The van der Waals surface area contributed by atoms with Crippen molar-refractivity contribution in [3.8, 4) is 0 Å². The number of aryl methyl sites for hydroxylation is 1. The summed E-state index contributed by atoms with van der Waals surface area (Å²) in [5.74, 6) is 0.511. The molecule has 112 valence electrons. The Hall–Kier alpha value is -1.19. The van der Waals surface area contributed by atoms with Crippen molar-refractivity contribution in [3.63, 3.8) is 0 Å². The molecule has 0 aliphatic rings. The first-order valence-electron chi connectivity index (χ1n) is 5.83. The van der Waals surface area contributed by atoms with Crippen LogP contribution in [0.3, 0.4) is 0 Å². The summed E-state index contributed by atoms with van der Waals surface area (Å²) in [4.78, 5) is 8.25. The Labute approximate surface area is 139 Å². The van der Waals surface area contributed by atoms with Gasteiger partial charge in [-0.3, -0.25) is 4.72 Å². The van der Waals surface area contributed by atoms with E-state index < -0.39 is 10.0 Å². The van der Waals surface area contributed by atoms with E-state index in [-0.39, 0.29) is 16.5 Å². The maximum atomic E-state index is 12.5. The molecule has 2 rings (SSSR count). The van der Waals surface area contributed by atoms with Crippen molar-refractivity contribution >= 4 is 53.5 Å². The number of hydrogen-bond acceptors (Lipinski definition) is 5. The normalized spacial score (nSPS) is 11.2. The summed E-state index contributed by atoms with van der Waals surface area (Å²) in [6.07, 6.45) is 1.52. The highest BCUT2D eigenvalue weighted by Gasteiger charge is 2.20. The number of halogens is 2. The fourth-order valence-electron chi connectivity index (χ4n) is 1.61. The van der Waals surface area contributed by atoms with Gasteiger partial charge in [-0.25, -0.2) is 18.4 Å². The van der Waals surface area contributed by atoms with E-state index in [1.807, 2.05) is 0 Å². The van der Waals surface area contributed by atoms with Crippen LogP contribution in [0.2, 0.25) is 0 Å². The Balaban J connectivity index is 2.42. The van der Waals surface area contributed by atoms with Gasteiger partial charge in [0.1, 0.15) is 16.5 Å². The van der Waals surface area contributed by atoms with Gasteiger partial charge in [0.05, 0.1) is 5.69 Å². The van der Waals surface area contributed by atoms with Gasteiger partial charge in [0, 0.05) is 22.2 Å². The number of aromatic nitrogens is 2. The zero-order valence-electron chi connectivity index (χ0n) is 11.2. The topological polar surface area (TPSA) is 84.0 Å². The summed E-state index contributed by atoms with van der Waals surface area (Å²) in [5.41, 5.74) is 0.691. The van der Waals surface area contributed by atoms with E-state index in [1.54, 1.807) is 26.1 Å². The fraction of sp³-hybridized carbons (Fsp3) is 0.167. The molecule has 0 fully saturated rings. The number of sulfonamides is 1. The standard InChI is InChI=1S/C12H12Br2N4O2S/c1-7-9(14)3-4-11(17-7)18-21(19,20)10-5-8(13)6-16-12(10)15-2/h3-6H,1-2H3,(H,15,16)(H,17,18). The quantitative estimate of drug-likeness (QED) is 0.770. The summed E-state index contributed by atoms with van der Waals surface area (Å²) < 4.78 is 28.8. The molecule has 0 saturated heterocycles. The largest absolute Gasteiger partial charge is 0.372 e. The number of hydrogen-bond donors (Lipinski definition) is 2. The number of nitrogens with zero attached hydrogens (tertiary/aromatic N) is 2. The lowest BCUT2D eigenvalue weighted by atomic mass is 10.4. The summed E-state index contributed by atoms with van der Waals surface area (Å²) in [6.45, 7) is 1.78. The van der Waals surface area contributed by atoms with Gasteiger partial charge in [-0.05, 0) is 57.0 Å². The van der Waals surface area contributed by atoms with E-state index in [4.69, 9.17) is 0 Å². The molecule has 0 radical (unpaired) electrons. The second-order valence-electron chi connectivity index (χ2n) is 4.12. The van der Waals surface area contributed by atoms with Crippen LogP contribution >= 0.6 is 31.9 Å². The Kier molecular flexibility index (Phi) is 4.84. The van der Waals surface area contributed by atoms with Crippen LogP contribution in [0, 0.1) is 6.92 Å². The van der Waals surface area contributed by atoms with Gasteiger partial charge in [-0.2, -0.15) is 0 Å². The molecule has 0 aromatic carbocycles. The molecule has 0 spiro atoms. The van der Waals surface area contributed by atoms with Crippen molar-refractivity contribution in [3.05, 3.63) is 39.0 Å². The summed E-state index contributed by atoms with van der Waals surface area (Å²) in [6, 6.07) is 4.80. The number of pyridine rings is 2. The van der Waals surface area contributed by atoms with Crippen LogP contribution in [0.15, 0.2) is 38.2 Å². The zero-order valence-corrected chi connectivity index (χ0v) is 15.2. The average molecular weight is 436 g/mol. The van der Waals surface area contributed by atoms with E-state index in [2.05, 4.69) is 51.9 Å². The van der Waals surface area contributed by atoms with E-state index in [9.17, 15) is 8.42 Å². The van der Waals surface area contributed by atoms with Crippen LogP contribution < -0.4 is 10.0 Å². The smallest absolute Gasteiger partial charge is 0.266 e. The van der Waals surface area contributed by atoms with Crippen molar-refractivity contribution in [1.29, 1.82) is 0 Å². The lowest BCUT2D eigenvalue weighted by molar-refractivity contribution is 0.601. The predicted octanol–water partition coefficient (Wildman–Crippen LogP) is 3.15. The van der Waals surface area contributed by atoms with Crippen LogP contribution in [0.5, 0.6) is 0 Å². The van der Waals surface area contributed by atoms with E-state index in [1.165, 1.54) is 12.3 Å². The molecule has 0 unspecified atom stereocenters. The van der Waals surface area contributed by atoms with Crippen LogP contribution in [0.4, 0.5) is 11.6 Å². The second kappa shape index (κ2) is 6.29. The van der Waals surface area contributed by atoms with Crippen molar-refractivity contribution in [2.75, 3.05) is 17.1 Å². The van der Waals surface area contributed by atoms with Crippen LogP contribution in [-0.4, -0.2) is 25.4 Å². The van der Waals surface area contributed by atoms with Gasteiger partial charge >= 0.3 is 0 Å². The summed E-state index contributed by atoms with van der Waals surface area (Å²) in [5, 5.41) is 2.76. The molecule has 2 aromatic heterocycles. The Morgan fingerprint density at radius 3 is 2.57 bits per heavy atom. The minimum absolute atomic E-state index is 0.0433. The van der Waals surface area contributed by atoms with Gasteiger partial charge in [0.15, 0.2) is 0 Å². The number of nitrogens with one attached hydrogen (secondary N) is 2. The number of anilines is 2. The van der Waals surface area contributed by atoms with E-state index in [0.717, 1.165) is 4.47 Å². The Bertz CT molecular complexity index is 781. The monoisotopic (exact) mass is 434 g/mol. The number of rotatable bonds is 4. The molecule has 2 N–H and O–H groups in total. The SMILES string of the molecule is CNc1ncc(Br)cc1S(=O)(=O)Nc1ccc(Br)c(C)n1. The molecular weight excluding hydrogens is 424 g/mol. The third-order valence-corrected chi connectivity index (χ3v) is 5.25. The maximum absolute atomic E-state index is 12.5. The van der Waals surface area contributed by atoms with Gasteiger partial charge in [-0.15, -0.1) is 0 Å². The molecule has 0 aliphatic heterocycles. The zero-order chi connectivity index (χ0) is 15.6. The van der Waals surface area contributed by atoms with E-state index >= 15 is 0 Å². The molecule has 0 saturated carbocycles. The lowest BCUT2D eigenvalue weighted by Crippen LogP contribution is -2.16. The Morgan fingerprint density at radius 2 is 1.95 bits per heavy atom. The van der Waals surface area contributed by atoms with Crippen LogP contribution in [-0.2, 0) is 10.0 Å². The molecule has 2 heterocycles. The molecule has 6 nitrogen and oxygen atoms in total. The molecule has 0 bridgehead atoms. The first kappa shape index (κ1) is 16.2. The van der Waals surface area contributed by atoms with Crippen LogP contribution in [0.1, 0.15) is 5.69 Å². The van der Waals surface area contributed by atoms with Gasteiger partial charge in [0.25, 0.3) is 10.0 Å². The minimum atomic E-state index is -3.79. The third kappa shape index (κ3) is 3.72. The molecule has 9 heteroatoms.